The van der Waals surface area contributed by atoms with Crippen molar-refractivity contribution in [1.82, 2.24) is 4.90 Å². The van der Waals surface area contributed by atoms with Crippen molar-refractivity contribution in [2.45, 2.75) is 46.1 Å². The summed E-state index contributed by atoms with van der Waals surface area (Å²) in [6, 6.07) is 0. The Balaban J connectivity index is 3.69. The van der Waals surface area contributed by atoms with E-state index in [1.165, 1.54) is 0 Å². The monoisotopic (exact) mass is 216 g/mol. The Morgan fingerprint density at radius 3 is 2.13 bits per heavy atom. The molecule has 0 aromatic carbocycles. The molecule has 0 rings (SSSR count). The first-order valence-corrected chi connectivity index (χ1v) is 5.77. The van der Waals surface area contributed by atoms with Crippen molar-refractivity contribution < 1.29 is 5.11 Å². The average Bonchev–Trinajstić information content (AvgIpc) is 2.00. The largest absolute Gasteiger partial charge is 0.389 e. The van der Waals surface area contributed by atoms with Crippen LogP contribution in [0.4, 0.5) is 0 Å². The molecule has 3 heteroatoms. The number of hydrogen-bond donors (Lipinski definition) is 2. The molecule has 0 amide bonds. The van der Waals surface area contributed by atoms with Gasteiger partial charge in [-0.3, -0.25) is 0 Å². The summed E-state index contributed by atoms with van der Waals surface area (Å²) in [6.07, 6.45) is 2.27. The second-order valence-corrected chi connectivity index (χ2v) is 6.02. The van der Waals surface area contributed by atoms with Gasteiger partial charge in [-0.05, 0) is 52.2 Å². The van der Waals surface area contributed by atoms with E-state index in [0.29, 0.717) is 0 Å². The molecule has 0 atom stereocenters. The van der Waals surface area contributed by atoms with Gasteiger partial charge in [0, 0.05) is 6.54 Å². The molecular weight excluding hydrogens is 188 g/mol. The number of aliphatic hydroxyl groups is 1. The molecule has 0 aliphatic rings. The van der Waals surface area contributed by atoms with Crippen LogP contribution in [0, 0.1) is 5.41 Å². The summed E-state index contributed by atoms with van der Waals surface area (Å²) in [5.41, 5.74) is 5.32. The third-order valence-electron chi connectivity index (χ3n) is 2.60. The van der Waals surface area contributed by atoms with Crippen molar-refractivity contribution in [2.75, 3.05) is 26.7 Å². The highest BCUT2D eigenvalue weighted by Gasteiger charge is 2.17. The zero-order valence-corrected chi connectivity index (χ0v) is 11.0. The lowest BCUT2D eigenvalue weighted by atomic mass is 9.88. The molecule has 0 aromatic heterocycles. The molecule has 3 N–H and O–H groups in total. The minimum absolute atomic E-state index is 0.246. The molecule has 15 heavy (non-hydrogen) atoms. The lowest BCUT2D eigenvalue weighted by Crippen LogP contribution is -2.37. The predicted octanol–water partition coefficient (Wildman–Crippen LogP) is 1.45. The molecule has 0 heterocycles. The summed E-state index contributed by atoms with van der Waals surface area (Å²) in [7, 11) is 2.05. The number of nitrogens with zero attached hydrogens (tertiary/aromatic N) is 1. The Labute approximate surface area is 94.6 Å². The van der Waals surface area contributed by atoms with Crippen LogP contribution in [0.2, 0.25) is 0 Å². The summed E-state index contributed by atoms with van der Waals surface area (Å²) in [6.45, 7) is 10.6. The maximum Gasteiger partial charge on any atom is 0.0718 e. The summed E-state index contributed by atoms with van der Waals surface area (Å²) in [4.78, 5) is 2.17. The Bertz CT molecular complexity index is 173. The number of hydrogen-bond acceptors (Lipinski definition) is 3. The van der Waals surface area contributed by atoms with Gasteiger partial charge in [0.05, 0.1) is 5.60 Å². The molecule has 3 nitrogen and oxygen atoms in total. The quantitative estimate of drug-likeness (QED) is 0.677. The van der Waals surface area contributed by atoms with E-state index in [4.69, 9.17) is 5.73 Å². The van der Waals surface area contributed by atoms with E-state index in [1.807, 2.05) is 20.9 Å². The summed E-state index contributed by atoms with van der Waals surface area (Å²) in [5, 5.41) is 9.63. The first-order valence-electron chi connectivity index (χ1n) is 5.77. The minimum Gasteiger partial charge on any atom is -0.389 e. The highest BCUT2D eigenvalue weighted by molar-refractivity contribution is 4.72. The Morgan fingerprint density at radius 1 is 1.20 bits per heavy atom. The SMILES string of the molecule is CN(CCCC(C)(C)CN)CC(C)(C)O. The van der Waals surface area contributed by atoms with Crippen LogP contribution in [-0.4, -0.2) is 42.3 Å². The molecule has 0 aliphatic carbocycles. The molecule has 0 aromatic rings. The van der Waals surface area contributed by atoms with Gasteiger partial charge in [-0.15, -0.1) is 0 Å². The fourth-order valence-electron chi connectivity index (χ4n) is 1.67. The zero-order valence-electron chi connectivity index (χ0n) is 11.0. The van der Waals surface area contributed by atoms with Crippen molar-refractivity contribution >= 4 is 0 Å². The van der Waals surface area contributed by atoms with Gasteiger partial charge in [-0.2, -0.15) is 0 Å². The topological polar surface area (TPSA) is 49.5 Å². The van der Waals surface area contributed by atoms with Crippen molar-refractivity contribution in [3.63, 3.8) is 0 Å². The van der Waals surface area contributed by atoms with Crippen LogP contribution in [0.1, 0.15) is 40.5 Å². The van der Waals surface area contributed by atoms with Gasteiger partial charge >= 0.3 is 0 Å². The van der Waals surface area contributed by atoms with E-state index in [1.54, 1.807) is 0 Å². The van der Waals surface area contributed by atoms with Crippen molar-refractivity contribution in [3.8, 4) is 0 Å². The van der Waals surface area contributed by atoms with Crippen LogP contribution in [0.15, 0.2) is 0 Å². The van der Waals surface area contributed by atoms with Crippen LogP contribution in [-0.2, 0) is 0 Å². The minimum atomic E-state index is -0.599. The van der Waals surface area contributed by atoms with E-state index in [0.717, 1.165) is 32.5 Å². The van der Waals surface area contributed by atoms with E-state index in [2.05, 4.69) is 18.7 Å². The molecule has 0 unspecified atom stereocenters. The molecular formula is C12H28N2O. The first-order chi connectivity index (χ1) is 6.66. The Hall–Kier alpha value is -0.120. The normalized spacial score (nSPS) is 13.6. The molecule has 0 spiro atoms. The second kappa shape index (κ2) is 5.83. The molecule has 0 fully saturated rings. The molecule has 92 valence electrons. The van der Waals surface area contributed by atoms with E-state index in [-0.39, 0.29) is 5.41 Å². The van der Waals surface area contributed by atoms with Crippen molar-refractivity contribution in [3.05, 3.63) is 0 Å². The van der Waals surface area contributed by atoms with E-state index >= 15 is 0 Å². The zero-order chi connectivity index (χ0) is 12.1. The van der Waals surface area contributed by atoms with Gasteiger partial charge in [0.1, 0.15) is 0 Å². The highest BCUT2D eigenvalue weighted by atomic mass is 16.3. The Kier molecular flexibility index (Phi) is 5.78. The molecule has 0 bridgehead atoms. The third kappa shape index (κ3) is 8.85. The summed E-state index contributed by atoms with van der Waals surface area (Å²) < 4.78 is 0. The third-order valence-corrected chi connectivity index (χ3v) is 2.60. The first kappa shape index (κ1) is 14.9. The van der Waals surface area contributed by atoms with Gasteiger partial charge in [0.25, 0.3) is 0 Å². The fraction of sp³-hybridized carbons (Fsp3) is 1.00. The standard InChI is InChI=1S/C12H28N2O/c1-11(2,9-13)7-6-8-14(5)10-12(3,4)15/h15H,6-10,13H2,1-5H3. The maximum absolute atomic E-state index is 9.63. The second-order valence-electron chi connectivity index (χ2n) is 6.02. The van der Waals surface area contributed by atoms with E-state index < -0.39 is 5.60 Å². The summed E-state index contributed by atoms with van der Waals surface area (Å²) in [5.74, 6) is 0. The van der Waals surface area contributed by atoms with Gasteiger partial charge in [-0.1, -0.05) is 13.8 Å². The molecule has 0 saturated carbocycles. The lowest BCUT2D eigenvalue weighted by Gasteiger charge is -2.27. The molecule has 0 radical (unpaired) electrons. The highest BCUT2D eigenvalue weighted by Crippen LogP contribution is 2.20. The number of nitrogens with two attached hydrogens (primary N) is 1. The van der Waals surface area contributed by atoms with E-state index in [9.17, 15) is 5.11 Å². The van der Waals surface area contributed by atoms with Crippen LogP contribution in [0.5, 0.6) is 0 Å². The van der Waals surface area contributed by atoms with Crippen LogP contribution >= 0.6 is 0 Å². The van der Waals surface area contributed by atoms with Gasteiger partial charge in [-0.25, -0.2) is 0 Å². The number of rotatable bonds is 7. The van der Waals surface area contributed by atoms with Crippen molar-refractivity contribution in [1.29, 1.82) is 0 Å². The maximum atomic E-state index is 9.63. The molecule has 0 saturated heterocycles. The predicted molar refractivity (Wildman–Crippen MR) is 65.9 cm³/mol. The average molecular weight is 216 g/mol. The van der Waals surface area contributed by atoms with Crippen LogP contribution in [0.25, 0.3) is 0 Å². The fourth-order valence-corrected chi connectivity index (χ4v) is 1.67. The number of likely N-dealkylation sites (N-methyl/N-ethyl adjacent to an activating group) is 1. The molecule has 0 aliphatic heterocycles. The van der Waals surface area contributed by atoms with Crippen LogP contribution in [0.3, 0.4) is 0 Å². The Morgan fingerprint density at radius 2 is 1.73 bits per heavy atom. The van der Waals surface area contributed by atoms with Gasteiger partial charge in [0.15, 0.2) is 0 Å². The summed E-state index contributed by atoms with van der Waals surface area (Å²) >= 11 is 0. The van der Waals surface area contributed by atoms with Gasteiger partial charge < -0.3 is 15.7 Å². The van der Waals surface area contributed by atoms with Crippen molar-refractivity contribution in [2.24, 2.45) is 11.1 Å². The lowest BCUT2D eigenvalue weighted by molar-refractivity contribution is 0.0435. The van der Waals surface area contributed by atoms with Gasteiger partial charge in [0.2, 0.25) is 0 Å². The van der Waals surface area contributed by atoms with Crippen LogP contribution < -0.4 is 5.73 Å². The smallest absolute Gasteiger partial charge is 0.0718 e.